The fourth-order valence-corrected chi connectivity index (χ4v) is 2.15. The van der Waals surface area contributed by atoms with Crippen LogP contribution in [-0.4, -0.2) is 30.1 Å². The van der Waals surface area contributed by atoms with Gasteiger partial charge in [0, 0.05) is 30.9 Å². The zero-order valence-corrected chi connectivity index (χ0v) is 10.0. The van der Waals surface area contributed by atoms with Gasteiger partial charge in [-0.2, -0.15) is 0 Å². The van der Waals surface area contributed by atoms with Gasteiger partial charge in [0.1, 0.15) is 0 Å². The molecule has 2 atom stereocenters. The van der Waals surface area contributed by atoms with Gasteiger partial charge in [-0.05, 0) is 12.3 Å². The molecule has 2 heteroatoms. The molecule has 2 unspecified atom stereocenters. The van der Waals surface area contributed by atoms with E-state index in [1.807, 2.05) is 0 Å². The summed E-state index contributed by atoms with van der Waals surface area (Å²) in [6.07, 6.45) is 1.24. The quantitative estimate of drug-likeness (QED) is 0.725. The molecule has 0 radical (unpaired) electrons. The monoisotopic (exact) mass is 196 g/mol. The van der Waals surface area contributed by atoms with E-state index in [-0.39, 0.29) is 0 Å². The van der Waals surface area contributed by atoms with Crippen molar-refractivity contribution in [2.24, 2.45) is 5.92 Å². The summed E-state index contributed by atoms with van der Waals surface area (Å²) in [6.45, 7) is 15.2. The summed E-state index contributed by atoms with van der Waals surface area (Å²) in [7, 11) is 0. The van der Waals surface area contributed by atoms with Gasteiger partial charge in [-0.25, -0.2) is 0 Å². The van der Waals surface area contributed by atoms with Crippen molar-refractivity contribution < 1.29 is 0 Å². The zero-order valence-electron chi connectivity index (χ0n) is 10.0. The molecule has 0 bridgehead atoms. The molecule has 82 valence electrons. The van der Waals surface area contributed by atoms with Crippen LogP contribution in [0.2, 0.25) is 0 Å². The first-order chi connectivity index (χ1) is 6.56. The highest BCUT2D eigenvalue weighted by Gasteiger charge is 2.34. The summed E-state index contributed by atoms with van der Waals surface area (Å²) < 4.78 is 0. The summed E-state index contributed by atoms with van der Waals surface area (Å²) in [6, 6.07) is 1.28. The van der Waals surface area contributed by atoms with Crippen LogP contribution in [0.15, 0.2) is 12.3 Å². The minimum absolute atomic E-state index is 0.547. The van der Waals surface area contributed by atoms with Crippen LogP contribution in [-0.2, 0) is 0 Å². The van der Waals surface area contributed by atoms with Crippen molar-refractivity contribution >= 4 is 0 Å². The molecule has 0 spiro atoms. The summed E-state index contributed by atoms with van der Waals surface area (Å²) in [5.74, 6) is 0.843. The van der Waals surface area contributed by atoms with Crippen molar-refractivity contribution in [1.29, 1.82) is 0 Å². The molecule has 2 nitrogen and oxygen atoms in total. The molecule has 0 aromatic carbocycles. The molecule has 0 aliphatic carbocycles. The van der Waals surface area contributed by atoms with Gasteiger partial charge in [-0.1, -0.05) is 34.3 Å². The number of nitrogens with one attached hydrogen (secondary N) is 1. The maximum Gasteiger partial charge on any atom is 0.0352 e. The molecule has 0 aromatic heterocycles. The van der Waals surface area contributed by atoms with Crippen molar-refractivity contribution in [3.05, 3.63) is 12.3 Å². The Morgan fingerprint density at radius 1 is 1.57 bits per heavy atom. The predicted octanol–water partition coefficient (Wildman–Crippen LogP) is 2.23. The van der Waals surface area contributed by atoms with Crippen LogP contribution < -0.4 is 5.32 Å². The van der Waals surface area contributed by atoms with Gasteiger partial charge < -0.3 is 10.2 Å². The third-order valence-corrected chi connectivity index (χ3v) is 3.08. The SMILES string of the molecule is C=C(CNC(C)C)N1CC(C)C1CC. The van der Waals surface area contributed by atoms with E-state index in [0.29, 0.717) is 6.04 Å². The molecule has 1 fully saturated rings. The maximum absolute atomic E-state index is 4.14. The summed E-state index contributed by atoms with van der Waals surface area (Å²) in [5, 5.41) is 3.41. The maximum atomic E-state index is 4.14. The molecule has 0 aromatic rings. The van der Waals surface area contributed by atoms with Crippen LogP contribution in [0, 0.1) is 5.92 Å². The number of nitrogens with zero attached hydrogens (tertiary/aromatic N) is 1. The lowest BCUT2D eigenvalue weighted by Gasteiger charge is -2.49. The third-order valence-electron chi connectivity index (χ3n) is 3.08. The molecular weight excluding hydrogens is 172 g/mol. The summed E-state index contributed by atoms with van der Waals surface area (Å²) >= 11 is 0. The lowest BCUT2D eigenvalue weighted by molar-refractivity contribution is 0.0568. The molecule has 0 saturated carbocycles. The van der Waals surface area contributed by atoms with Gasteiger partial charge in [-0.3, -0.25) is 0 Å². The highest BCUT2D eigenvalue weighted by atomic mass is 15.2. The second kappa shape index (κ2) is 4.83. The first kappa shape index (κ1) is 11.6. The van der Waals surface area contributed by atoms with E-state index in [2.05, 4.69) is 44.5 Å². The highest BCUT2D eigenvalue weighted by molar-refractivity contribution is 5.06. The van der Waals surface area contributed by atoms with Crippen LogP contribution in [0.5, 0.6) is 0 Å². The van der Waals surface area contributed by atoms with Crippen molar-refractivity contribution in [3.8, 4) is 0 Å². The zero-order chi connectivity index (χ0) is 10.7. The van der Waals surface area contributed by atoms with Crippen molar-refractivity contribution in [1.82, 2.24) is 10.2 Å². The van der Waals surface area contributed by atoms with Crippen molar-refractivity contribution in [3.63, 3.8) is 0 Å². The van der Waals surface area contributed by atoms with E-state index >= 15 is 0 Å². The minimum Gasteiger partial charge on any atom is -0.371 e. The molecule has 1 N–H and O–H groups in total. The third kappa shape index (κ3) is 2.50. The molecular formula is C12H24N2. The fraction of sp³-hybridized carbons (Fsp3) is 0.833. The molecule has 1 heterocycles. The van der Waals surface area contributed by atoms with Crippen molar-refractivity contribution in [2.45, 2.75) is 46.2 Å². The largest absolute Gasteiger partial charge is 0.371 e. The standard InChI is InChI=1S/C12H24N2/c1-6-12-10(4)8-14(12)11(5)7-13-9(2)3/h9-10,12-13H,5-8H2,1-4H3. The average molecular weight is 196 g/mol. The Balaban J connectivity index is 2.32. The normalized spacial score (nSPS) is 26.5. The Bertz CT molecular complexity index is 198. The fourth-order valence-electron chi connectivity index (χ4n) is 2.15. The summed E-state index contributed by atoms with van der Waals surface area (Å²) in [5.41, 5.74) is 1.25. The number of likely N-dealkylation sites (tertiary alicyclic amines) is 1. The van der Waals surface area contributed by atoms with E-state index in [4.69, 9.17) is 0 Å². The average Bonchev–Trinajstić information content (AvgIpc) is 2.10. The van der Waals surface area contributed by atoms with E-state index in [1.165, 1.54) is 18.7 Å². The Morgan fingerprint density at radius 3 is 2.64 bits per heavy atom. The first-order valence-corrected chi connectivity index (χ1v) is 5.74. The molecule has 14 heavy (non-hydrogen) atoms. The number of hydrogen-bond donors (Lipinski definition) is 1. The Kier molecular flexibility index (Phi) is 3.99. The van der Waals surface area contributed by atoms with Gasteiger partial charge in [0.15, 0.2) is 0 Å². The second-order valence-corrected chi connectivity index (χ2v) is 4.71. The van der Waals surface area contributed by atoms with Gasteiger partial charge in [0.05, 0.1) is 0 Å². The van der Waals surface area contributed by atoms with Crippen LogP contribution in [0.4, 0.5) is 0 Å². The highest BCUT2D eigenvalue weighted by Crippen LogP contribution is 2.29. The number of hydrogen-bond acceptors (Lipinski definition) is 2. The van der Waals surface area contributed by atoms with Gasteiger partial charge in [-0.15, -0.1) is 0 Å². The van der Waals surface area contributed by atoms with Crippen LogP contribution >= 0.6 is 0 Å². The minimum atomic E-state index is 0.547. The molecule has 1 aliphatic rings. The van der Waals surface area contributed by atoms with Crippen LogP contribution in [0.25, 0.3) is 0 Å². The topological polar surface area (TPSA) is 15.3 Å². The van der Waals surface area contributed by atoms with Crippen LogP contribution in [0.3, 0.4) is 0 Å². The number of rotatable bonds is 5. The van der Waals surface area contributed by atoms with Gasteiger partial charge in [0.25, 0.3) is 0 Å². The van der Waals surface area contributed by atoms with Crippen molar-refractivity contribution in [2.75, 3.05) is 13.1 Å². The Labute approximate surface area is 88.4 Å². The van der Waals surface area contributed by atoms with E-state index in [1.54, 1.807) is 0 Å². The van der Waals surface area contributed by atoms with Gasteiger partial charge >= 0.3 is 0 Å². The lowest BCUT2D eigenvalue weighted by atomic mass is 9.88. The van der Waals surface area contributed by atoms with E-state index in [9.17, 15) is 0 Å². The Hall–Kier alpha value is -0.500. The molecule has 1 rings (SSSR count). The van der Waals surface area contributed by atoms with E-state index in [0.717, 1.165) is 18.5 Å². The van der Waals surface area contributed by atoms with Crippen LogP contribution in [0.1, 0.15) is 34.1 Å². The van der Waals surface area contributed by atoms with Gasteiger partial charge in [0.2, 0.25) is 0 Å². The predicted molar refractivity (Wildman–Crippen MR) is 62.2 cm³/mol. The van der Waals surface area contributed by atoms with E-state index < -0.39 is 0 Å². The second-order valence-electron chi connectivity index (χ2n) is 4.71. The Morgan fingerprint density at radius 2 is 2.21 bits per heavy atom. The summed E-state index contributed by atoms with van der Waals surface area (Å²) in [4.78, 5) is 2.44. The molecule has 1 saturated heterocycles. The molecule has 1 aliphatic heterocycles. The smallest absolute Gasteiger partial charge is 0.0352 e. The molecule has 0 amide bonds. The lowest BCUT2D eigenvalue weighted by Crippen LogP contribution is -2.54. The first-order valence-electron chi connectivity index (χ1n) is 5.74.